The van der Waals surface area contributed by atoms with Crippen LogP contribution in [0.25, 0.3) is 0 Å². The lowest BCUT2D eigenvalue weighted by atomic mass is 10.2. The van der Waals surface area contributed by atoms with Crippen LogP contribution >= 0.6 is 0 Å². The highest BCUT2D eigenvalue weighted by atomic mass is 32.2. The van der Waals surface area contributed by atoms with Crippen molar-refractivity contribution in [3.8, 4) is 0 Å². The van der Waals surface area contributed by atoms with Crippen LogP contribution in [-0.4, -0.2) is 92.5 Å². The van der Waals surface area contributed by atoms with Crippen LogP contribution in [0.2, 0.25) is 0 Å². The molecule has 14 heteroatoms. The monoisotopic (exact) mass is 480 g/mol. The Morgan fingerprint density at radius 3 is 1.75 bits per heavy atom. The van der Waals surface area contributed by atoms with E-state index in [0.29, 0.717) is 66.0 Å². The van der Waals surface area contributed by atoms with Gasteiger partial charge in [-0.3, -0.25) is 10.1 Å². The van der Waals surface area contributed by atoms with E-state index >= 15 is 0 Å². The number of nitro groups is 1. The summed E-state index contributed by atoms with van der Waals surface area (Å²) < 4.78 is 49.2. The number of nitrogens with two attached hydrogens (primary N) is 2. The molecule has 0 saturated heterocycles. The van der Waals surface area contributed by atoms with Crippen LogP contribution < -0.4 is 16.2 Å². The molecule has 0 aliphatic carbocycles. The number of nitrogens with zero attached hydrogens (tertiary/aromatic N) is 1. The van der Waals surface area contributed by atoms with Crippen molar-refractivity contribution in [2.45, 2.75) is 4.90 Å². The van der Waals surface area contributed by atoms with Crippen molar-refractivity contribution in [2.24, 2.45) is 10.9 Å². The summed E-state index contributed by atoms with van der Waals surface area (Å²) in [5.74, 6) is 0. The standard InChI is InChI=1S/C18H32N4O9S/c19-3-5-27-7-9-29-11-13-31-14-12-30-10-8-28-6-4-21-17-2-1-16(32(20,25)26)15-18(17)22(23)24/h1-2,15,21H,3-14,19H2,(H2,20,25,26). The number of nitro benzene ring substituents is 1. The van der Waals surface area contributed by atoms with Gasteiger partial charge in [0.2, 0.25) is 10.0 Å². The molecule has 0 aliphatic rings. The van der Waals surface area contributed by atoms with Crippen LogP contribution in [0, 0.1) is 10.1 Å². The van der Waals surface area contributed by atoms with Gasteiger partial charge in [0.1, 0.15) is 5.69 Å². The molecular weight excluding hydrogens is 448 g/mol. The molecule has 0 aromatic heterocycles. The zero-order chi connectivity index (χ0) is 23.7. The molecule has 1 aromatic carbocycles. The van der Waals surface area contributed by atoms with Gasteiger partial charge < -0.3 is 34.7 Å². The van der Waals surface area contributed by atoms with Crippen molar-refractivity contribution >= 4 is 21.4 Å². The first-order chi connectivity index (χ1) is 15.4. The van der Waals surface area contributed by atoms with E-state index in [1.165, 1.54) is 12.1 Å². The molecule has 0 fully saturated rings. The number of hydrogen-bond donors (Lipinski definition) is 3. The largest absolute Gasteiger partial charge is 0.378 e. The summed E-state index contributed by atoms with van der Waals surface area (Å²) >= 11 is 0. The van der Waals surface area contributed by atoms with E-state index in [1.54, 1.807) is 0 Å². The number of ether oxygens (including phenoxy) is 5. The smallest absolute Gasteiger partial charge is 0.293 e. The second kappa shape index (κ2) is 16.7. The summed E-state index contributed by atoms with van der Waals surface area (Å²) in [5, 5.41) is 19.0. The van der Waals surface area contributed by atoms with E-state index in [2.05, 4.69) is 5.32 Å². The van der Waals surface area contributed by atoms with Crippen LogP contribution in [0.5, 0.6) is 0 Å². The van der Waals surface area contributed by atoms with Gasteiger partial charge in [-0.2, -0.15) is 0 Å². The van der Waals surface area contributed by atoms with Gasteiger partial charge >= 0.3 is 0 Å². The van der Waals surface area contributed by atoms with E-state index < -0.39 is 14.9 Å². The topological polar surface area (TPSA) is 188 Å². The van der Waals surface area contributed by atoms with Crippen molar-refractivity contribution < 1.29 is 37.0 Å². The molecule has 13 nitrogen and oxygen atoms in total. The second-order valence-corrected chi connectivity index (χ2v) is 7.82. The maximum atomic E-state index is 11.3. The molecule has 0 heterocycles. The summed E-state index contributed by atoms with van der Waals surface area (Å²) in [5.41, 5.74) is 5.08. The first kappa shape index (κ1) is 28.1. The minimum atomic E-state index is -4.02. The van der Waals surface area contributed by atoms with Gasteiger partial charge in [0, 0.05) is 19.2 Å². The Morgan fingerprint density at radius 1 is 0.844 bits per heavy atom. The van der Waals surface area contributed by atoms with Crippen molar-refractivity contribution in [3.05, 3.63) is 28.3 Å². The Bertz CT molecular complexity index is 765. The molecular formula is C18H32N4O9S. The first-order valence-corrected chi connectivity index (χ1v) is 11.5. The molecule has 5 N–H and O–H groups in total. The van der Waals surface area contributed by atoms with Gasteiger partial charge in [-0.1, -0.05) is 0 Å². The zero-order valence-corrected chi connectivity index (χ0v) is 18.7. The van der Waals surface area contributed by atoms with Crippen LogP contribution in [0.15, 0.2) is 23.1 Å². The SMILES string of the molecule is NCCOCCOCCOCCOCCOCCNc1ccc(S(N)(=O)=O)cc1[N+](=O)[O-]. The Balaban J connectivity index is 2.03. The number of anilines is 1. The highest BCUT2D eigenvalue weighted by molar-refractivity contribution is 7.89. The van der Waals surface area contributed by atoms with Gasteiger partial charge in [0.15, 0.2) is 0 Å². The van der Waals surface area contributed by atoms with Gasteiger partial charge in [-0.15, -0.1) is 0 Å². The predicted octanol–water partition coefficient (Wildman–Crippen LogP) is -0.304. The molecule has 0 radical (unpaired) electrons. The van der Waals surface area contributed by atoms with Crippen molar-refractivity contribution in [2.75, 3.05) is 84.5 Å². The Kier molecular flexibility index (Phi) is 14.7. The normalized spacial score (nSPS) is 11.6. The third-order valence-corrected chi connectivity index (χ3v) is 4.72. The fraction of sp³-hybridized carbons (Fsp3) is 0.667. The van der Waals surface area contributed by atoms with E-state index in [4.69, 9.17) is 34.6 Å². The van der Waals surface area contributed by atoms with Crippen LogP contribution in [0.1, 0.15) is 0 Å². The Hall–Kier alpha value is -1.91. The molecule has 1 aromatic rings. The number of rotatable bonds is 20. The van der Waals surface area contributed by atoms with Crippen LogP contribution in [-0.2, 0) is 33.7 Å². The number of primary sulfonamides is 1. The highest BCUT2D eigenvalue weighted by Crippen LogP contribution is 2.26. The van der Waals surface area contributed by atoms with Gasteiger partial charge in [0.05, 0.1) is 75.9 Å². The molecule has 0 spiro atoms. The van der Waals surface area contributed by atoms with Crippen LogP contribution in [0.3, 0.4) is 0 Å². The van der Waals surface area contributed by atoms with Gasteiger partial charge in [0.25, 0.3) is 5.69 Å². The summed E-state index contributed by atoms with van der Waals surface area (Å²) in [6, 6.07) is 3.41. The Morgan fingerprint density at radius 2 is 1.31 bits per heavy atom. The average molecular weight is 481 g/mol. The quantitative estimate of drug-likeness (QED) is 0.126. The van der Waals surface area contributed by atoms with Gasteiger partial charge in [-0.25, -0.2) is 13.6 Å². The summed E-state index contributed by atoms with van der Waals surface area (Å²) in [6.45, 7) is 5.12. The summed E-state index contributed by atoms with van der Waals surface area (Å²) in [7, 11) is -4.02. The molecule has 0 saturated carbocycles. The third-order valence-electron chi connectivity index (χ3n) is 3.81. The maximum absolute atomic E-state index is 11.3. The fourth-order valence-corrected chi connectivity index (χ4v) is 2.85. The van der Waals surface area contributed by atoms with E-state index in [-0.39, 0.29) is 29.4 Å². The lowest BCUT2D eigenvalue weighted by molar-refractivity contribution is -0.384. The molecule has 184 valence electrons. The maximum Gasteiger partial charge on any atom is 0.293 e. The summed E-state index contributed by atoms with van der Waals surface area (Å²) in [6.07, 6.45) is 0. The molecule has 0 aliphatic heterocycles. The van der Waals surface area contributed by atoms with E-state index in [1.807, 2.05) is 0 Å². The number of sulfonamides is 1. The lowest BCUT2D eigenvalue weighted by Crippen LogP contribution is -2.16. The van der Waals surface area contributed by atoms with Crippen molar-refractivity contribution in [1.29, 1.82) is 0 Å². The molecule has 32 heavy (non-hydrogen) atoms. The second-order valence-electron chi connectivity index (χ2n) is 6.26. The predicted molar refractivity (Wildman–Crippen MR) is 116 cm³/mol. The molecule has 0 unspecified atom stereocenters. The zero-order valence-electron chi connectivity index (χ0n) is 17.9. The lowest BCUT2D eigenvalue weighted by Gasteiger charge is -2.09. The van der Waals surface area contributed by atoms with E-state index in [0.717, 1.165) is 6.07 Å². The molecule has 1 rings (SSSR count). The minimum absolute atomic E-state index is 0.173. The van der Waals surface area contributed by atoms with Crippen molar-refractivity contribution in [1.82, 2.24) is 0 Å². The number of benzene rings is 1. The minimum Gasteiger partial charge on any atom is -0.378 e. The fourth-order valence-electron chi connectivity index (χ4n) is 2.31. The van der Waals surface area contributed by atoms with E-state index in [9.17, 15) is 18.5 Å². The molecule has 0 bridgehead atoms. The van der Waals surface area contributed by atoms with Crippen LogP contribution in [0.4, 0.5) is 11.4 Å². The summed E-state index contributed by atoms with van der Waals surface area (Å²) in [4.78, 5) is 10.1. The number of nitrogens with one attached hydrogen (secondary N) is 1. The first-order valence-electron chi connectivity index (χ1n) is 10.00. The average Bonchev–Trinajstić information content (AvgIpc) is 2.75. The molecule has 0 atom stereocenters. The third kappa shape index (κ3) is 12.8. The molecule has 0 amide bonds. The highest BCUT2D eigenvalue weighted by Gasteiger charge is 2.18. The van der Waals surface area contributed by atoms with Gasteiger partial charge in [-0.05, 0) is 12.1 Å². The van der Waals surface area contributed by atoms with Crippen molar-refractivity contribution in [3.63, 3.8) is 0 Å². The number of hydrogen-bond acceptors (Lipinski definition) is 11. The Labute approximate surface area is 187 Å².